The number of hydrogen-bond acceptors (Lipinski definition) is 5. The van der Waals surface area contributed by atoms with Crippen LogP contribution in [0.5, 0.6) is 0 Å². The molecule has 1 fully saturated rings. The van der Waals surface area contributed by atoms with Gasteiger partial charge in [0.15, 0.2) is 11.5 Å². The van der Waals surface area contributed by atoms with Crippen molar-refractivity contribution in [1.82, 2.24) is 20.4 Å². The fourth-order valence-corrected chi connectivity index (χ4v) is 3.62. The first-order valence-electron chi connectivity index (χ1n) is 11.2. The summed E-state index contributed by atoms with van der Waals surface area (Å²) in [5.41, 5.74) is -1.62. The van der Waals surface area contributed by atoms with Crippen molar-refractivity contribution < 1.29 is 27.6 Å². The molecule has 0 spiro atoms. The lowest BCUT2D eigenvalue weighted by Crippen LogP contribution is -2.52. The molecule has 4 amide bonds. The van der Waals surface area contributed by atoms with Gasteiger partial charge in [0.2, 0.25) is 0 Å². The molecule has 1 aromatic carbocycles. The highest BCUT2D eigenvalue weighted by molar-refractivity contribution is 6.09. The zero-order chi connectivity index (χ0) is 24.7. The number of imide groups is 1. The SMILES string of the molecule is CCCCCCNC(=O)c1ccc(N2CCCN(C(=O)c3ccccc3C(F)(F)F)C2=O)nn1. The van der Waals surface area contributed by atoms with Crippen molar-refractivity contribution in [3.05, 3.63) is 53.2 Å². The van der Waals surface area contributed by atoms with E-state index in [0.29, 0.717) is 13.0 Å². The van der Waals surface area contributed by atoms with E-state index in [1.165, 1.54) is 24.3 Å². The predicted molar refractivity (Wildman–Crippen MR) is 118 cm³/mol. The minimum absolute atomic E-state index is 0.0215. The Morgan fingerprint density at radius 2 is 1.79 bits per heavy atom. The molecule has 11 heteroatoms. The number of carbonyl (C=O) groups excluding carboxylic acids is 3. The van der Waals surface area contributed by atoms with Gasteiger partial charge in [0.1, 0.15) is 0 Å². The summed E-state index contributed by atoms with van der Waals surface area (Å²) >= 11 is 0. The zero-order valence-corrected chi connectivity index (χ0v) is 18.8. The number of anilines is 1. The summed E-state index contributed by atoms with van der Waals surface area (Å²) in [6.45, 7) is 2.80. The molecule has 0 radical (unpaired) electrons. The Labute approximate surface area is 195 Å². The number of urea groups is 1. The van der Waals surface area contributed by atoms with Gasteiger partial charge in [-0.1, -0.05) is 38.3 Å². The highest BCUT2D eigenvalue weighted by Crippen LogP contribution is 2.33. The lowest BCUT2D eigenvalue weighted by atomic mass is 10.1. The second-order valence-corrected chi connectivity index (χ2v) is 7.88. The average molecular weight is 477 g/mol. The number of unbranched alkanes of at least 4 members (excludes halogenated alkanes) is 3. The Bertz CT molecular complexity index is 1030. The van der Waals surface area contributed by atoms with Gasteiger partial charge in [-0.3, -0.25) is 19.4 Å². The van der Waals surface area contributed by atoms with Crippen LogP contribution in [0, 0.1) is 0 Å². The van der Waals surface area contributed by atoms with Crippen molar-refractivity contribution in [3.63, 3.8) is 0 Å². The highest BCUT2D eigenvalue weighted by atomic mass is 19.4. The fourth-order valence-electron chi connectivity index (χ4n) is 3.62. The topological polar surface area (TPSA) is 95.5 Å². The van der Waals surface area contributed by atoms with Gasteiger partial charge in [0.05, 0.1) is 11.1 Å². The van der Waals surface area contributed by atoms with Gasteiger partial charge in [-0.05, 0) is 37.1 Å². The predicted octanol–water partition coefficient (Wildman–Crippen LogP) is 4.28. The second kappa shape index (κ2) is 11.1. The number of benzene rings is 1. The number of rotatable bonds is 8. The number of carbonyl (C=O) groups is 3. The minimum atomic E-state index is -4.73. The molecule has 0 bridgehead atoms. The van der Waals surface area contributed by atoms with Crippen LogP contribution in [0.25, 0.3) is 0 Å². The standard InChI is InChI=1S/C23H26F3N5O3/c1-2-3-4-7-13-27-20(32)18-11-12-19(29-28-18)30-14-8-15-31(22(30)34)21(33)16-9-5-6-10-17(16)23(24,25)26/h5-6,9-12H,2-4,7-8,13-15H2,1H3,(H,27,32). The number of amides is 4. The molecule has 2 heterocycles. The molecule has 8 nitrogen and oxygen atoms in total. The van der Waals surface area contributed by atoms with Gasteiger partial charge in [0.25, 0.3) is 11.8 Å². The molecule has 0 aliphatic carbocycles. The monoisotopic (exact) mass is 477 g/mol. The molecule has 0 unspecified atom stereocenters. The first-order chi connectivity index (χ1) is 16.2. The van der Waals surface area contributed by atoms with Crippen LogP contribution in [-0.4, -0.2) is 52.6 Å². The Morgan fingerprint density at radius 3 is 2.47 bits per heavy atom. The summed E-state index contributed by atoms with van der Waals surface area (Å²) in [5, 5.41) is 10.6. The van der Waals surface area contributed by atoms with Crippen LogP contribution in [0.3, 0.4) is 0 Å². The molecule has 2 aromatic rings. The maximum absolute atomic E-state index is 13.3. The first-order valence-corrected chi connectivity index (χ1v) is 11.2. The number of alkyl halides is 3. The van der Waals surface area contributed by atoms with E-state index in [-0.39, 0.29) is 30.5 Å². The lowest BCUT2D eigenvalue weighted by molar-refractivity contribution is -0.138. The Hall–Kier alpha value is -3.50. The molecule has 34 heavy (non-hydrogen) atoms. The number of nitrogens with one attached hydrogen (secondary N) is 1. The molecule has 182 valence electrons. The number of nitrogens with zero attached hydrogens (tertiary/aromatic N) is 4. The van der Waals surface area contributed by atoms with E-state index in [4.69, 9.17) is 0 Å². The van der Waals surface area contributed by atoms with E-state index in [2.05, 4.69) is 22.4 Å². The molecule has 3 rings (SSSR count). The Kier molecular flexibility index (Phi) is 8.19. The van der Waals surface area contributed by atoms with Crippen LogP contribution in [-0.2, 0) is 6.18 Å². The summed E-state index contributed by atoms with van der Waals surface area (Å²) < 4.78 is 40.0. The van der Waals surface area contributed by atoms with Crippen molar-refractivity contribution in [2.45, 2.75) is 45.2 Å². The molecule has 1 aromatic heterocycles. The maximum atomic E-state index is 13.3. The van der Waals surface area contributed by atoms with Crippen molar-refractivity contribution >= 4 is 23.7 Å². The van der Waals surface area contributed by atoms with E-state index < -0.39 is 29.2 Å². The van der Waals surface area contributed by atoms with Crippen LogP contribution in [0.1, 0.15) is 65.4 Å². The van der Waals surface area contributed by atoms with Crippen molar-refractivity contribution in [1.29, 1.82) is 0 Å². The largest absolute Gasteiger partial charge is 0.417 e. The normalized spacial score (nSPS) is 14.3. The molecular formula is C23H26F3N5O3. The smallest absolute Gasteiger partial charge is 0.351 e. The summed E-state index contributed by atoms with van der Waals surface area (Å²) in [7, 11) is 0. The van der Waals surface area contributed by atoms with Crippen molar-refractivity contribution in [2.24, 2.45) is 0 Å². The molecule has 0 atom stereocenters. The molecule has 0 saturated carbocycles. The van der Waals surface area contributed by atoms with Crippen LogP contribution >= 0.6 is 0 Å². The van der Waals surface area contributed by atoms with Gasteiger partial charge in [0, 0.05) is 19.6 Å². The molecular weight excluding hydrogens is 451 g/mol. The average Bonchev–Trinajstić information content (AvgIpc) is 2.83. The van der Waals surface area contributed by atoms with Crippen molar-refractivity contribution in [2.75, 3.05) is 24.5 Å². The molecule has 1 aliphatic heterocycles. The van der Waals surface area contributed by atoms with E-state index in [9.17, 15) is 27.6 Å². The molecule has 1 aliphatic rings. The third kappa shape index (κ3) is 5.89. The number of halogens is 3. The summed E-state index contributed by atoms with van der Waals surface area (Å²) in [5.74, 6) is -1.32. The van der Waals surface area contributed by atoms with Crippen LogP contribution in [0.4, 0.5) is 23.8 Å². The minimum Gasteiger partial charge on any atom is -0.351 e. The van der Waals surface area contributed by atoms with Gasteiger partial charge in [-0.15, -0.1) is 10.2 Å². The summed E-state index contributed by atoms with van der Waals surface area (Å²) in [6.07, 6.45) is -0.338. The first kappa shape index (κ1) is 25.1. The van der Waals surface area contributed by atoms with Crippen LogP contribution in [0.15, 0.2) is 36.4 Å². The highest BCUT2D eigenvalue weighted by Gasteiger charge is 2.39. The van der Waals surface area contributed by atoms with E-state index >= 15 is 0 Å². The molecule has 1 N–H and O–H groups in total. The zero-order valence-electron chi connectivity index (χ0n) is 18.8. The Balaban J connectivity index is 1.70. The van der Waals surface area contributed by atoms with E-state index in [1.54, 1.807) is 0 Å². The van der Waals surface area contributed by atoms with Crippen molar-refractivity contribution in [3.8, 4) is 0 Å². The summed E-state index contributed by atoms with van der Waals surface area (Å²) in [4.78, 5) is 39.9. The number of aromatic nitrogens is 2. The van der Waals surface area contributed by atoms with Gasteiger partial charge < -0.3 is 5.32 Å². The molecule has 1 saturated heterocycles. The fraction of sp³-hybridized carbons (Fsp3) is 0.435. The van der Waals surface area contributed by atoms with Crippen LogP contribution < -0.4 is 10.2 Å². The summed E-state index contributed by atoms with van der Waals surface area (Å²) in [6, 6.07) is 6.39. The van der Waals surface area contributed by atoms with E-state index in [0.717, 1.165) is 47.6 Å². The maximum Gasteiger partial charge on any atom is 0.417 e. The van der Waals surface area contributed by atoms with Gasteiger partial charge >= 0.3 is 12.2 Å². The second-order valence-electron chi connectivity index (χ2n) is 7.88. The number of hydrogen-bond donors (Lipinski definition) is 1. The third-order valence-corrected chi connectivity index (χ3v) is 5.41. The van der Waals surface area contributed by atoms with Gasteiger partial charge in [-0.2, -0.15) is 13.2 Å². The Morgan fingerprint density at radius 1 is 1.03 bits per heavy atom. The van der Waals surface area contributed by atoms with Crippen LogP contribution in [0.2, 0.25) is 0 Å². The lowest BCUT2D eigenvalue weighted by Gasteiger charge is -2.33. The quantitative estimate of drug-likeness (QED) is 0.573. The van der Waals surface area contributed by atoms with E-state index in [1.807, 2.05) is 0 Å². The third-order valence-electron chi connectivity index (χ3n) is 5.41. The van der Waals surface area contributed by atoms with Gasteiger partial charge in [-0.25, -0.2) is 4.79 Å².